The second kappa shape index (κ2) is 2.12. The fourth-order valence-corrected chi connectivity index (χ4v) is 2.99. The molecule has 2 saturated carbocycles. The first-order valence-electron chi connectivity index (χ1n) is 5.39. The third-order valence-electron chi connectivity index (χ3n) is 4.64. The van der Waals surface area contributed by atoms with Crippen LogP contribution in [0.3, 0.4) is 0 Å². The quantitative estimate of drug-likeness (QED) is 0.669. The molecule has 0 aromatic heterocycles. The first-order valence-corrected chi connectivity index (χ1v) is 5.39. The average Bonchev–Trinajstić information content (AvgIpc) is 3.01. The van der Waals surface area contributed by atoms with Crippen molar-refractivity contribution in [3.05, 3.63) is 0 Å². The summed E-state index contributed by atoms with van der Waals surface area (Å²) in [5, 5.41) is 9.39. The lowest BCUT2D eigenvalue weighted by molar-refractivity contribution is -0.169. The molecule has 1 atom stereocenters. The zero-order valence-electron chi connectivity index (χ0n) is 8.31. The lowest BCUT2D eigenvalue weighted by atomic mass is 9.75. The van der Waals surface area contributed by atoms with E-state index in [1.165, 1.54) is 32.1 Å². The summed E-state index contributed by atoms with van der Waals surface area (Å²) in [5.74, 6) is 0. The van der Waals surface area contributed by atoms with Crippen LogP contribution in [0.25, 0.3) is 0 Å². The van der Waals surface area contributed by atoms with E-state index in [-0.39, 0.29) is 12.2 Å². The fraction of sp³-hybridized carbons (Fsp3) is 1.00. The van der Waals surface area contributed by atoms with E-state index in [4.69, 9.17) is 4.74 Å². The molecule has 1 heterocycles. The average molecular weight is 182 g/mol. The molecule has 0 unspecified atom stereocenters. The monoisotopic (exact) mass is 182 g/mol. The number of ether oxygens (including phenoxy) is 1. The summed E-state index contributed by atoms with van der Waals surface area (Å²) in [7, 11) is 0. The first-order chi connectivity index (χ1) is 6.14. The summed E-state index contributed by atoms with van der Waals surface area (Å²) in [6, 6.07) is 0. The third-order valence-corrected chi connectivity index (χ3v) is 4.64. The summed E-state index contributed by atoms with van der Waals surface area (Å²) in [4.78, 5) is 0. The number of hydrogen-bond acceptors (Lipinski definition) is 2. The van der Waals surface area contributed by atoms with Crippen molar-refractivity contribution in [3.63, 3.8) is 0 Å². The Morgan fingerprint density at radius 2 is 1.92 bits per heavy atom. The van der Waals surface area contributed by atoms with Gasteiger partial charge in [0.05, 0.1) is 18.8 Å². The van der Waals surface area contributed by atoms with Gasteiger partial charge in [0.25, 0.3) is 0 Å². The third kappa shape index (κ3) is 0.962. The summed E-state index contributed by atoms with van der Waals surface area (Å²) >= 11 is 0. The van der Waals surface area contributed by atoms with E-state index < -0.39 is 0 Å². The van der Waals surface area contributed by atoms with Crippen molar-refractivity contribution in [2.75, 3.05) is 13.2 Å². The first kappa shape index (κ1) is 8.25. The van der Waals surface area contributed by atoms with E-state index in [2.05, 4.69) is 6.92 Å². The molecule has 2 nitrogen and oxygen atoms in total. The van der Waals surface area contributed by atoms with Crippen LogP contribution in [-0.2, 0) is 4.74 Å². The summed E-state index contributed by atoms with van der Waals surface area (Å²) in [5.41, 5.74) is 0.683. The molecule has 74 valence electrons. The van der Waals surface area contributed by atoms with E-state index in [9.17, 15) is 5.11 Å². The SMILES string of the molecule is C[C@@]1(CO)OCC2(CC2)CC12CC2. The van der Waals surface area contributed by atoms with Crippen LogP contribution in [0.15, 0.2) is 0 Å². The van der Waals surface area contributed by atoms with Crippen LogP contribution in [-0.4, -0.2) is 23.9 Å². The second-order valence-electron chi connectivity index (χ2n) is 5.63. The van der Waals surface area contributed by atoms with Crippen LogP contribution in [0.2, 0.25) is 0 Å². The predicted molar refractivity (Wildman–Crippen MR) is 49.4 cm³/mol. The van der Waals surface area contributed by atoms with Gasteiger partial charge in [-0.25, -0.2) is 0 Å². The van der Waals surface area contributed by atoms with Gasteiger partial charge in [0, 0.05) is 5.41 Å². The minimum atomic E-state index is -0.221. The molecular weight excluding hydrogens is 164 g/mol. The van der Waals surface area contributed by atoms with Gasteiger partial charge in [0.2, 0.25) is 0 Å². The lowest BCUT2D eigenvalue weighted by Gasteiger charge is -2.44. The predicted octanol–water partition coefficient (Wildman–Crippen LogP) is 1.72. The van der Waals surface area contributed by atoms with Crippen LogP contribution in [0.5, 0.6) is 0 Å². The van der Waals surface area contributed by atoms with Gasteiger partial charge < -0.3 is 9.84 Å². The molecule has 2 spiro atoms. The van der Waals surface area contributed by atoms with E-state index in [0.29, 0.717) is 10.8 Å². The van der Waals surface area contributed by atoms with Gasteiger partial charge in [-0.15, -0.1) is 0 Å². The standard InChI is InChI=1S/C11H18O2/c1-9(7-12)11(4-5-11)6-10(2-3-10)8-13-9/h12H,2-8H2,1H3/t9-/m0/s1. The van der Waals surface area contributed by atoms with Crippen molar-refractivity contribution < 1.29 is 9.84 Å². The fourth-order valence-electron chi connectivity index (χ4n) is 2.99. The number of aliphatic hydroxyl groups is 1. The Kier molecular flexibility index (Phi) is 1.34. The molecule has 1 N–H and O–H groups in total. The smallest absolute Gasteiger partial charge is 0.0940 e. The Bertz CT molecular complexity index is 240. The topological polar surface area (TPSA) is 29.5 Å². The molecule has 0 bridgehead atoms. The van der Waals surface area contributed by atoms with Gasteiger partial charge in [0.1, 0.15) is 0 Å². The zero-order chi connectivity index (χ0) is 9.16. The molecule has 3 aliphatic rings. The highest BCUT2D eigenvalue weighted by Gasteiger charge is 2.66. The van der Waals surface area contributed by atoms with E-state index >= 15 is 0 Å². The summed E-state index contributed by atoms with van der Waals surface area (Å²) in [6.07, 6.45) is 6.57. The Morgan fingerprint density at radius 1 is 1.23 bits per heavy atom. The maximum atomic E-state index is 9.39. The van der Waals surface area contributed by atoms with Crippen molar-refractivity contribution in [3.8, 4) is 0 Å². The molecule has 0 aromatic carbocycles. The highest BCUT2D eigenvalue weighted by atomic mass is 16.5. The molecule has 2 aliphatic carbocycles. The Morgan fingerprint density at radius 3 is 2.38 bits per heavy atom. The normalized spacial score (nSPS) is 43.8. The Labute approximate surface area is 79.3 Å². The molecule has 1 aliphatic heterocycles. The molecule has 0 aromatic rings. The number of hydrogen-bond donors (Lipinski definition) is 1. The molecular formula is C11H18O2. The van der Waals surface area contributed by atoms with Crippen LogP contribution in [0.4, 0.5) is 0 Å². The summed E-state index contributed by atoms with van der Waals surface area (Å²) in [6.45, 7) is 3.18. The van der Waals surface area contributed by atoms with E-state index in [1.54, 1.807) is 0 Å². The molecule has 3 rings (SSSR count). The van der Waals surface area contributed by atoms with Crippen LogP contribution >= 0.6 is 0 Å². The number of aliphatic hydroxyl groups excluding tert-OH is 1. The van der Waals surface area contributed by atoms with Crippen LogP contribution in [0, 0.1) is 10.8 Å². The highest BCUT2D eigenvalue weighted by molar-refractivity contribution is 5.15. The minimum Gasteiger partial charge on any atom is -0.393 e. The molecule has 1 saturated heterocycles. The van der Waals surface area contributed by atoms with Gasteiger partial charge >= 0.3 is 0 Å². The molecule has 13 heavy (non-hydrogen) atoms. The zero-order valence-corrected chi connectivity index (χ0v) is 8.31. The summed E-state index contributed by atoms with van der Waals surface area (Å²) < 4.78 is 5.92. The highest BCUT2D eigenvalue weighted by Crippen LogP contribution is 2.69. The van der Waals surface area contributed by atoms with Crippen molar-refractivity contribution in [1.29, 1.82) is 0 Å². The van der Waals surface area contributed by atoms with Crippen molar-refractivity contribution in [1.82, 2.24) is 0 Å². The minimum absolute atomic E-state index is 0.198. The van der Waals surface area contributed by atoms with Gasteiger partial charge in [-0.2, -0.15) is 0 Å². The maximum absolute atomic E-state index is 9.39. The lowest BCUT2D eigenvalue weighted by Crippen LogP contribution is -2.49. The molecule has 3 fully saturated rings. The van der Waals surface area contributed by atoms with Gasteiger partial charge in [-0.3, -0.25) is 0 Å². The number of rotatable bonds is 1. The van der Waals surface area contributed by atoms with Crippen LogP contribution < -0.4 is 0 Å². The second-order valence-corrected chi connectivity index (χ2v) is 5.63. The largest absolute Gasteiger partial charge is 0.393 e. The van der Waals surface area contributed by atoms with E-state index in [0.717, 1.165) is 6.61 Å². The van der Waals surface area contributed by atoms with Crippen molar-refractivity contribution in [2.24, 2.45) is 10.8 Å². The van der Waals surface area contributed by atoms with Crippen LogP contribution in [0.1, 0.15) is 39.0 Å². The van der Waals surface area contributed by atoms with Gasteiger partial charge in [-0.05, 0) is 44.4 Å². The molecule has 0 radical (unpaired) electrons. The maximum Gasteiger partial charge on any atom is 0.0940 e. The van der Waals surface area contributed by atoms with Gasteiger partial charge in [0.15, 0.2) is 0 Å². The van der Waals surface area contributed by atoms with Crippen molar-refractivity contribution >= 4 is 0 Å². The molecule has 0 amide bonds. The Balaban J connectivity index is 1.86. The van der Waals surface area contributed by atoms with E-state index in [1.807, 2.05) is 0 Å². The van der Waals surface area contributed by atoms with Gasteiger partial charge in [-0.1, -0.05) is 0 Å². The molecule has 2 heteroatoms. The Hall–Kier alpha value is -0.0800. The van der Waals surface area contributed by atoms with Crippen molar-refractivity contribution in [2.45, 2.75) is 44.6 Å².